The molecule has 5 rings (SSSR count). The summed E-state index contributed by atoms with van der Waals surface area (Å²) in [6, 6.07) is 24.3. The van der Waals surface area contributed by atoms with Crippen LogP contribution in [0.4, 0.5) is 0 Å². The van der Waals surface area contributed by atoms with Crippen LogP contribution in [0, 0.1) is 0 Å². The largest absolute Gasteiger partial charge is 0.244 e. The molecule has 0 bridgehead atoms. The second-order valence-corrected chi connectivity index (χ2v) is 7.56. The van der Waals surface area contributed by atoms with Gasteiger partial charge in [-0.05, 0) is 47.4 Å². The first-order valence-electron chi connectivity index (χ1n) is 9.74. The Morgan fingerprint density at radius 2 is 1.70 bits per heavy atom. The van der Waals surface area contributed by atoms with E-state index in [0.29, 0.717) is 5.02 Å². The van der Waals surface area contributed by atoms with E-state index in [4.69, 9.17) is 11.6 Å². The maximum Gasteiger partial charge on any atom is 0.137 e. The molecule has 0 saturated heterocycles. The fraction of sp³-hybridized carbons (Fsp3) is 0.130. The Hall–Kier alpha value is -3.51. The van der Waals surface area contributed by atoms with E-state index in [1.54, 1.807) is 12.7 Å². The quantitative estimate of drug-likeness (QED) is 0.408. The van der Waals surface area contributed by atoms with Crippen LogP contribution in [0.2, 0.25) is 5.02 Å². The van der Waals surface area contributed by atoms with Crippen LogP contribution in [0.5, 0.6) is 0 Å². The van der Waals surface area contributed by atoms with Crippen molar-refractivity contribution in [1.82, 2.24) is 29.8 Å². The van der Waals surface area contributed by atoms with E-state index in [-0.39, 0.29) is 6.04 Å². The maximum atomic E-state index is 6.10. The zero-order valence-electron chi connectivity index (χ0n) is 16.1. The predicted octanol–water partition coefficient (Wildman–Crippen LogP) is 4.56. The molecule has 0 saturated carbocycles. The minimum absolute atomic E-state index is 0.119. The Kier molecular flexibility index (Phi) is 4.99. The van der Waals surface area contributed by atoms with Crippen molar-refractivity contribution < 1.29 is 0 Å². The number of hydrogen-bond donors (Lipinski definition) is 0. The van der Waals surface area contributed by atoms with Crippen LogP contribution >= 0.6 is 11.6 Å². The second-order valence-electron chi connectivity index (χ2n) is 7.13. The van der Waals surface area contributed by atoms with Crippen molar-refractivity contribution in [3.63, 3.8) is 0 Å². The first-order chi connectivity index (χ1) is 14.8. The Balaban J connectivity index is 1.52. The lowest BCUT2D eigenvalue weighted by Gasteiger charge is -2.18. The average Bonchev–Trinajstić information content (AvgIpc) is 3.45. The maximum absolute atomic E-state index is 6.10. The van der Waals surface area contributed by atoms with E-state index < -0.39 is 0 Å². The molecule has 5 aromatic rings. The van der Waals surface area contributed by atoms with Gasteiger partial charge in [0.15, 0.2) is 0 Å². The van der Waals surface area contributed by atoms with Crippen molar-refractivity contribution in [2.75, 3.05) is 0 Å². The van der Waals surface area contributed by atoms with Gasteiger partial charge in [-0.15, -0.1) is 5.10 Å². The molecule has 30 heavy (non-hydrogen) atoms. The number of aromatic nitrogens is 6. The number of benzene rings is 3. The average molecular weight is 415 g/mol. The Labute approximate surface area is 178 Å². The molecule has 2 heterocycles. The molecule has 0 amide bonds. The number of halogens is 1. The first kappa shape index (κ1) is 18.5. The van der Waals surface area contributed by atoms with Crippen LogP contribution in [-0.2, 0) is 13.0 Å². The fourth-order valence-electron chi connectivity index (χ4n) is 3.69. The van der Waals surface area contributed by atoms with Crippen molar-refractivity contribution in [3.8, 4) is 0 Å². The number of aryl methyl sites for hydroxylation is 2. The normalized spacial score (nSPS) is 12.3. The van der Waals surface area contributed by atoms with E-state index in [2.05, 4.69) is 56.8 Å². The third-order valence-electron chi connectivity index (χ3n) is 5.20. The van der Waals surface area contributed by atoms with Crippen LogP contribution in [0.25, 0.3) is 11.0 Å². The lowest BCUT2D eigenvalue weighted by Crippen LogP contribution is -2.13. The van der Waals surface area contributed by atoms with Gasteiger partial charge in [0.25, 0.3) is 0 Å². The summed E-state index contributed by atoms with van der Waals surface area (Å²) in [4.78, 5) is 4.14. The molecule has 0 N–H and O–H groups in total. The Morgan fingerprint density at radius 1 is 0.900 bits per heavy atom. The van der Waals surface area contributed by atoms with Gasteiger partial charge in [0.05, 0.1) is 5.52 Å². The van der Waals surface area contributed by atoms with E-state index in [0.717, 1.165) is 35.1 Å². The summed E-state index contributed by atoms with van der Waals surface area (Å²) >= 11 is 6.10. The highest BCUT2D eigenvalue weighted by atomic mass is 35.5. The minimum atomic E-state index is -0.119. The van der Waals surface area contributed by atoms with Gasteiger partial charge in [-0.25, -0.2) is 14.3 Å². The fourth-order valence-corrected chi connectivity index (χ4v) is 3.82. The standard InChI is InChI=1S/C23H19ClN6/c24-20-9-6-18(7-10-20)23(30-16-25-15-26-30)19-8-11-21-22(14-19)29(28-27-21)13-12-17-4-2-1-3-5-17/h1-11,14-16,23H,12-13H2. The molecule has 0 spiro atoms. The highest BCUT2D eigenvalue weighted by molar-refractivity contribution is 6.30. The Morgan fingerprint density at radius 3 is 2.47 bits per heavy atom. The van der Waals surface area contributed by atoms with Crippen molar-refractivity contribution in [2.24, 2.45) is 0 Å². The molecule has 0 fully saturated rings. The summed E-state index contributed by atoms with van der Waals surface area (Å²) in [5, 5.41) is 13.8. The molecule has 3 aromatic carbocycles. The molecule has 0 radical (unpaired) electrons. The van der Waals surface area contributed by atoms with Crippen LogP contribution in [0.3, 0.4) is 0 Å². The third-order valence-corrected chi connectivity index (χ3v) is 5.45. The molecular weight excluding hydrogens is 396 g/mol. The zero-order valence-corrected chi connectivity index (χ0v) is 16.9. The van der Waals surface area contributed by atoms with Gasteiger partial charge in [-0.1, -0.05) is 65.3 Å². The van der Waals surface area contributed by atoms with Crippen LogP contribution in [0.15, 0.2) is 85.5 Å². The summed E-state index contributed by atoms with van der Waals surface area (Å²) in [6.45, 7) is 0.763. The SMILES string of the molecule is Clc1ccc(C(c2ccc3nnn(CCc4ccccc4)c3c2)n2cncn2)cc1. The highest BCUT2D eigenvalue weighted by Crippen LogP contribution is 2.29. The topological polar surface area (TPSA) is 61.4 Å². The van der Waals surface area contributed by atoms with Gasteiger partial charge in [0.1, 0.15) is 24.2 Å². The summed E-state index contributed by atoms with van der Waals surface area (Å²) in [7, 11) is 0. The molecule has 148 valence electrons. The lowest BCUT2D eigenvalue weighted by atomic mass is 9.98. The van der Waals surface area contributed by atoms with Gasteiger partial charge in [0, 0.05) is 11.6 Å². The summed E-state index contributed by atoms with van der Waals surface area (Å²) < 4.78 is 3.81. The minimum Gasteiger partial charge on any atom is -0.244 e. The summed E-state index contributed by atoms with van der Waals surface area (Å²) in [5.41, 5.74) is 5.31. The van der Waals surface area contributed by atoms with Gasteiger partial charge in [-0.2, -0.15) is 5.10 Å². The zero-order chi connectivity index (χ0) is 20.3. The van der Waals surface area contributed by atoms with E-state index in [9.17, 15) is 0 Å². The molecule has 1 atom stereocenters. The summed E-state index contributed by atoms with van der Waals surface area (Å²) in [5.74, 6) is 0. The number of nitrogens with zero attached hydrogens (tertiary/aromatic N) is 6. The predicted molar refractivity (Wildman–Crippen MR) is 116 cm³/mol. The molecule has 0 aliphatic heterocycles. The van der Waals surface area contributed by atoms with Crippen molar-refractivity contribution in [1.29, 1.82) is 0 Å². The monoisotopic (exact) mass is 414 g/mol. The molecule has 1 unspecified atom stereocenters. The van der Waals surface area contributed by atoms with Gasteiger partial charge >= 0.3 is 0 Å². The third kappa shape index (κ3) is 3.69. The molecule has 2 aromatic heterocycles. The van der Waals surface area contributed by atoms with E-state index in [1.807, 2.05) is 45.8 Å². The highest BCUT2D eigenvalue weighted by Gasteiger charge is 2.19. The Bertz CT molecular complexity index is 1250. The number of hydrogen-bond acceptors (Lipinski definition) is 4. The van der Waals surface area contributed by atoms with E-state index in [1.165, 1.54) is 5.56 Å². The molecule has 6 nitrogen and oxygen atoms in total. The van der Waals surface area contributed by atoms with Crippen LogP contribution < -0.4 is 0 Å². The number of rotatable bonds is 6. The van der Waals surface area contributed by atoms with Gasteiger partial charge < -0.3 is 0 Å². The molecule has 0 aliphatic carbocycles. The van der Waals surface area contributed by atoms with Crippen molar-refractivity contribution in [3.05, 3.63) is 107 Å². The summed E-state index contributed by atoms with van der Waals surface area (Å²) in [6.07, 6.45) is 4.18. The van der Waals surface area contributed by atoms with Gasteiger partial charge in [0.2, 0.25) is 0 Å². The van der Waals surface area contributed by atoms with E-state index >= 15 is 0 Å². The second kappa shape index (κ2) is 8.08. The smallest absolute Gasteiger partial charge is 0.137 e. The lowest BCUT2D eigenvalue weighted by molar-refractivity contribution is 0.591. The van der Waals surface area contributed by atoms with Gasteiger partial charge in [-0.3, -0.25) is 0 Å². The van der Waals surface area contributed by atoms with Crippen molar-refractivity contribution >= 4 is 22.6 Å². The number of fused-ring (bicyclic) bond motifs is 1. The molecular formula is C23H19ClN6. The first-order valence-corrected chi connectivity index (χ1v) is 10.1. The van der Waals surface area contributed by atoms with Crippen LogP contribution in [0.1, 0.15) is 22.7 Å². The molecule has 7 heteroatoms. The van der Waals surface area contributed by atoms with Crippen LogP contribution in [-0.4, -0.2) is 29.8 Å². The molecule has 0 aliphatic rings. The van der Waals surface area contributed by atoms with Crippen molar-refractivity contribution in [2.45, 2.75) is 19.0 Å².